The van der Waals surface area contributed by atoms with E-state index in [4.69, 9.17) is 5.73 Å². The number of hydrogen-bond donors (Lipinski definition) is 1. The predicted octanol–water partition coefficient (Wildman–Crippen LogP) is 1.67. The Morgan fingerprint density at radius 3 is 3.07 bits per heavy atom. The van der Waals surface area contributed by atoms with Gasteiger partial charge in [0.2, 0.25) is 0 Å². The monoisotopic (exact) mass is 208 g/mol. The number of anilines is 1. The smallest absolute Gasteiger partial charge is 0.358 e. The third-order valence-electron chi connectivity index (χ3n) is 1.91. The average Bonchev–Trinajstić information content (AvgIpc) is 2.62. The van der Waals surface area contributed by atoms with Crippen LogP contribution in [0.1, 0.15) is 10.5 Å². The molecular weight excluding hydrogens is 200 g/mol. The predicted molar refractivity (Wildman–Crippen MR) is 55.4 cm³/mol. The van der Waals surface area contributed by atoms with Crippen LogP contribution in [0.4, 0.5) is 5.69 Å². The van der Waals surface area contributed by atoms with Gasteiger partial charge in [0.05, 0.1) is 17.5 Å². The summed E-state index contributed by atoms with van der Waals surface area (Å²) in [6.45, 7) is 0. The van der Waals surface area contributed by atoms with Crippen molar-refractivity contribution in [2.45, 2.75) is 0 Å². The van der Waals surface area contributed by atoms with E-state index in [0.29, 0.717) is 11.4 Å². The van der Waals surface area contributed by atoms with Crippen LogP contribution in [0, 0.1) is 0 Å². The molecular formula is C9H8N2O2S. The fourth-order valence-electron chi connectivity index (χ4n) is 1.23. The zero-order valence-electron chi connectivity index (χ0n) is 7.48. The first-order valence-corrected chi connectivity index (χ1v) is 4.73. The summed E-state index contributed by atoms with van der Waals surface area (Å²) in [5.74, 6) is -0.429. The number of methoxy groups -OCH3 is 1. The molecule has 0 aliphatic heterocycles. The molecule has 2 aromatic rings. The van der Waals surface area contributed by atoms with Gasteiger partial charge in [0.25, 0.3) is 0 Å². The fraction of sp³-hybridized carbons (Fsp3) is 0.111. The fourth-order valence-corrected chi connectivity index (χ4v) is 2.02. The minimum atomic E-state index is -0.429. The van der Waals surface area contributed by atoms with Gasteiger partial charge in [-0.3, -0.25) is 0 Å². The van der Waals surface area contributed by atoms with Crippen LogP contribution in [0.15, 0.2) is 18.2 Å². The van der Waals surface area contributed by atoms with E-state index in [1.54, 1.807) is 18.2 Å². The Bertz CT molecular complexity index is 493. The Morgan fingerprint density at radius 2 is 2.36 bits per heavy atom. The third-order valence-corrected chi connectivity index (χ3v) is 2.82. The number of nitrogen functional groups attached to an aromatic ring is 1. The molecule has 0 radical (unpaired) electrons. The van der Waals surface area contributed by atoms with Gasteiger partial charge < -0.3 is 10.5 Å². The maximum atomic E-state index is 11.3. The highest BCUT2D eigenvalue weighted by molar-refractivity contribution is 7.14. The van der Waals surface area contributed by atoms with Crippen LogP contribution in [0.2, 0.25) is 0 Å². The molecule has 72 valence electrons. The molecule has 5 heteroatoms. The van der Waals surface area contributed by atoms with Crippen LogP contribution in [0.5, 0.6) is 0 Å². The number of carbonyl (C=O) groups excluding carboxylic acids is 1. The minimum Gasteiger partial charge on any atom is -0.464 e. The number of carbonyl (C=O) groups is 1. The van der Waals surface area contributed by atoms with Crippen molar-refractivity contribution >= 4 is 33.3 Å². The summed E-state index contributed by atoms with van der Waals surface area (Å²) in [4.78, 5) is 11.3. The molecule has 1 aromatic heterocycles. The molecule has 0 unspecified atom stereocenters. The second-order valence-electron chi connectivity index (χ2n) is 2.75. The number of ether oxygens (including phenoxy) is 1. The molecule has 0 amide bonds. The van der Waals surface area contributed by atoms with E-state index in [1.807, 2.05) is 0 Å². The zero-order valence-corrected chi connectivity index (χ0v) is 8.30. The standard InChI is InChI=1S/C9H8N2O2S/c1-13-9(12)7-5-3-2-4-6(10)8(5)14-11-7/h2-4H,10H2,1H3. The van der Waals surface area contributed by atoms with Crippen LogP contribution >= 0.6 is 11.5 Å². The van der Waals surface area contributed by atoms with Crippen molar-refractivity contribution in [1.29, 1.82) is 0 Å². The van der Waals surface area contributed by atoms with Crippen molar-refractivity contribution in [1.82, 2.24) is 4.37 Å². The van der Waals surface area contributed by atoms with E-state index in [9.17, 15) is 4.79 Å². The van der Waals surface area contributed by atoms with Gasteiger partial charge in [-0.2, -0.15) is 4.37 Å². The Morgan fingerprint density at radius 1 is 1.57 bits per heavy atom. The van der Waals surface area contributed by atoms with Gasteiger partial charge in [0, 0.05) is 5.39 Å². The maximum absolute atomic E-state index is 11.3. The van der Waals surface area contributed by atoms with Gasteiger partial charge in [0.15, 0.2) is 5.69 Å². The quantitative estimate of drug-likeness (QED) is 0.571. The average molecular weight is 208 g/mol. The van der Waals surface area contributed by atoms with Crippen LogP contribution in [0.25, 0.3) is 10.1 Å². The van der Waals surface area contributed by atoms with Crippen molar-refractivity contribution in [2.24, 2.45) is 0 Å². The molecule has 0 aliphatic carbocycles. The second kappa shape index (κ2) is 3.26. The number of hydrogen-bond acceptors (Lipinski definition) is 5. The molecule has 1 aromatic carbocycles. The summed E-state index contributed by atoms with van der Waals surface area (Å²) >= 11 is 1.21. The molecule has 0 saturated carbocycles. The molecule has 4 nitrogen and oxygen atoms in total. The van der Waals surface area contributed by atoms with Crippen LogP contribution in [-0.2, 0) is 4.74 Å². The molecule has 14 heavy (non-hydrogen) atoms. The van der Waals surface area contributed by atoms with E-state index in [2.05, 4.69) is 9.11 Å². The molecule has 2 N–H and O–H groups in total. The van der Waals surface area contributed by atoms with Gasteiger partial charge in [-0.1, -0.05) is 12.1 Å². The Balaban J connectivity index is 2.70. The Hall–Kier alpha value is -1.62. The zero-order chi connectivity index (χ0) is 10.1. The number of aromatic nitrogens is 1. The first-order chi connectivity index (χ1) is 6.74. The highest BCUT2D eigenvalue weighted by Crippen LogP contribution is 2.27. The summed E-state index contributed by atoms with van der Waals surface area (Å²) in [5, 5.41) is 0.752. The number of benzene rings is 1. The van der Waals surface area contributed by atoms with Crippen molar-refractivity contribution in [3.63, 3.8) is 0 Å². The Kier molecular flexibility index (Phi) is 2.09. The number of nitrogens with zero attached hydrogens (tertiary/aromatic N) is 1. The van der Waals surface area contributed by atoms with Crippen molar-refractivity contribution in [3.8, 4) is 0 Å². The van der Waals surface area contributed by atoms with Crippen LogP contribution < -0.4 is 5.73 Å². The molecule has 0 saturated heterocycles. The van der Waals surface area contributed by atoms with E-state index < -0.39 is 5.97 Å². The van der Waals surface area contributed by atoms with E-state index in [-0.39, 0.29) is 0 Å². The first kappa shape index (κ1) is 8.96. The molecule has 2 rings (SSSR count). The van der Waals surface area contributed by atoms with E-state index >= 15 is 0 Å². The van der Waals surface area contributed by atoms with Crippen molar-refractivity contribution < 1.29 is 9.53 Å². The summed E-state index contributed by atoms with van der Waals surface area (Å²) in [7, 11) is 1.33. The highest BCUT2D eigenvalue weighted by Gasteiger charge is 2.15. The summed E-state index contributed by atoms with van der Waals surface area (Å²) in [5.41, 5.74) is 6.70. The summed E-state index contributed by atoms with van der Waals surface area (Å²) in [6.07, 6.45) is 0. The van der Waals surface area contributed by atoms with Crippen molar-refractivity contribution in [3.05, 3.63) is 23.9 Å². The molecule has 0 bridgehead atoms. The van der Waals surface area contributed by atoms with E-state index in [1.165, 1.54) is 18.6 Å². The summed E-state index contributed by atoms with van der Waals surface area (Å²) < 4.78 is 9.45. The van der Waals surface area contributed by atoms with Crippen LogP contribution in [0.3, 0.4) is 0 Å². The van der Waals surface area contributed by atoms with E-state index in [0.717, 1.165) is 10.1 Å². The summed E-state index contributed by atoms with van der Waals surface area (Å²) in [6, 6.07) is 5.38. The first-order valence-electron chi connectivity index (χ1n) is 3.96. The van der Waals surface area contributed by atoms with Gasteiger partial charge in [-0.15, -0.1) is 0 Å². The molecule has 0 spiro atoms. The lowest BCUT2D eigenvalue weighted by Gasteiger charge is -1.96. The highest BCUT2D eigenvalue weighted by atomic mass is 32.1. The Labute approximate surface area is 84.5 Å². The lowest BCUT2D eigenvalue weighted by atomic mass is 10.2. The van der Waals surface area contributed by atoms with Gasteiger partial charge in [-0.25, -0.2) is 4.79 Å². The lowest BCUT2D eigenvalue weighted by Crippen LogP contribution is -2.01. The number of rotatable bonds is 1. The topological polar surface area (TPSA) is 65.2 Å². The number of nitrogens with two attached hydrogens (primary N) is 1. The van der Waals surface area contributed by atoms with Crippen molar-refractivity contribution in [2.75, 3.05) is 12.8 Å². The molecule has 0 fully saturated rings. The SMILES string of the molecule is COC(=O)c1nsc2c(N)cccc12. The number of fused-ring (bicyclic) bond motifs is 1. The molecule has 0 atom stereocenters. The normalized spacial score (nSPS) is 10.4. The van der Waals surface area contributed by atoms with Crippen LogP contribution in [-0.4, -0.2) is 17.5 Å². The van der Waals surface area contributed by atoms with Gasteiger partial charge in [-0.05, 0) is 17.6 Å². The lowest BCUT2D eigenvalue weighted by molar-refractivity contribution is 0.0598. The number of esters is 1. The largest absolute Gasteiger partial charge is 0.464 e. The molecule has 0 aliphatic rings. The minimum absolute atomic E-state index is 0.333. The molecule has 1 heterocycles. The second-order valence-corrected chi connectivity index (χ2v) is 3.52. The van der Waals surface area contributed by atoms with Gasteiger partial charge in [0.1, 0.15) is 0 Å². The third kappa shape index (κ3) is 1.22. The maximum Gasteiger partial charge on any atom is 0.358 e. The van der Waals surface area contributed by atoms with Gasteiger partial charge >= 0.3 is 5.97 Å².